The topological polar surface area (TPSA) is 73.5 Å². The number of likely N-dealkylation sites (tertiary alicyclic amines) is 1. The van der Waals surface area contributed by atoms with Gasteiger partial charge in [-0.3, -0.25) is 4.79 Å². The second-order valence-electron chi connectivity index (χ2n) is 11.5. The zero-order valence-corrected chi connectivity index (χ0v) is 27.2. The first-order chi connectivity index (χ1) is 20.5. The maximum atomic E-state index is 13.1. The average Bonchev–Trinajstić information content (AvgIpc) is 3.82. The van der Waals surface area contributed by atoms with Crippen LogP contribution in [0.15, 0.2) is 93.4 Å². The van der Waals surface area contributed by atoms with Crippen LogP contribution < -0.4 is 37.2 Å². The van der Waals surface area contributed by atoms with Crippen LogP contribution in [0.3, 0.4) is 0 Å². The second-order valence-corrected chi connectivity index (χ2v) is 13.8. The van der Waals surface area contributed by atoms with Crippen molar-refractivity contribution in [2.75, 3.05) is 28.7 Å². The van der Waals surface area contributed by atoms with Crippen molar-refractivity contribution < 1.29 is 30.8 Å². The van der Waals surface area contributed by atoms with Crippen LogP contribution in [-0.2, 0) is 9.59 Å². The van der Waals surface area contributed by atoms with Gasteiger partial charge >= 0.3 is 155 Å². The Morgan fingerprint density at radius 3 is 2.48 bits per heavy atom. The van der Waals surface area contributed by atoms with E-state index < -0.39 is 0 Å². The van der Waals surface area contributed by atoms with Crippen molar-refractivity contribution in [1.82, 2.24) is 10.2 Å². The zero-order chi connectivity index (χ0) is 29.5. The van der Waals surface area contributed by atoms with Crippen molar-refractivity contribution in [3.8, 4) is 0 Å². The summed E-state index contributed by atoms with van der Waals surface area (Å²) in [6, 6.07) is 7.85. The van der Waals surface area contributed by atoms with Crippen LogP contribution in [0, 0.1) is 17.8 Å². The van der Waals surface area contributed by atoms with Crippen LogP contribution in [0.25, 0.3) is 0 Å². The van der Waals surface area contributed by atoms with Gasteiger partial charge in [0, 0.05) is 30.3 Å². The molecule has 1 heterocycles. The summed E-state index contributed by atoms with van der Waals surface area (Å²) < 4.78 is 0.896. The predicted octanol–water partition coefficient (Wildman–Crippen LogP) is 3.52. The van der Waals surface area contributed by atoms with Gasteiger partial charge in [-0.25, -0.2) is 0 Å². The van der Waals surface area contributed by atoms with E-state index in [1.807, 2.05) is 48.6 Å². The number of anilines is 2. The third kappa shape index (κ3) is 7.65. The Balaban J connectivity index is 1.10. The maximum absolute atomic E-state index is 13.1. The zero-order valence-electron chi connectivity index (χ0n) is 25.0. The number of benzene rings is 1. The van der Waals surface area contributed by atoms with Gasteiger partial charge in [0.1, 0.15) is 0 Å². The molecule has 1 aromatic rings. The molecule has 42 heavy (non-hydrogen) atoms. The number of halogens is 1. The Kier molecular flexibility index (Phi) is 10.4. The van der Waals surface area contributed by atoms with E-state index in [9.17, 15) is 9.59 Å². The Bertz CT molecular complexity index is 1330. The normalized spacial score (nSPS) is 24.1. The van der Waals surface area contributed by atoms with E-state index in [1.54, 1.807) is 0 Å². The molecule has 1 aromatic carbocycles. The van der Waals surface area contributed by atoms with Crippen LogP contribution in [-0.4, -0.2) is 40.8 Å². The van der Waals surface area contributed by atoms with E-state index in [1.165, 1.54) is 25.0 Å². The Labute approximate surface area is 261 Å². The van der Waals surface area contributed by atoms with Crippen molar-refractivity contribution in [2.24, 2.45) is 17.8 Å². The van der Waals surface area contributed by atoms with E-state index >= 15 is 0 Å². The van der Waals surface area contributed by atoms with Gasteiger partial charge in [-0.2, -0.15) is 0 Å². The molecule has 3 aliphatic carbocycles. The molecule has 5 rings (SSSR count). The number of rotatable bonds is 11. The molecule has 6 nitrogen and oxygen atoms in total. The standard InChI is InChI=1S/C35H44IN4O2/c1-4-6-7-8-32(36-3)35(42)39-28-15-11-26(12-16-28)37-25-9-13-27(14-10-25)38-34(41)29-17-18-33(31-23-30(29)31)40-21-19-24(5-2)20-22-40/h6-15,17-18,24,28,30-31,37H,4-5,16,19-23H2,1-3H3,(H,38,41)(H,39,42)/q-1/b7-6-,32-8-/t28?,30?,31-/m1/s1. The molecule has 2 unspecified atom stereocenters. The van der Waals surface area contributed by atoms with Gasteiger partial charge in [0.15, 0.2) is 0 Å². The van der Waals surface area contributed by atoms with Crippen molar-refractivity contribution in [3.05, 3.63) is 93.4 Å². The molecular formula is C35H44IN4O2-. The monoisotopic (exact) mass is 679 g/mol. The number of allylic oxidation sites excluding steroid dienone is 7. The van der Waals surface area contributed by atoms with Crippen LogP contribution in [0.1, 0.15) is 52.4 Å². The third-order valence-corrected chi connectivity index (χ3v) is 10.7. The molecule has 1 saturated heterocycles. The first kappa shape index (κ1) is 30.4. The summed E-state index contributed by atoms with van der Waals surface area (Å²) in [5.41, 5.74) is 5.11. The van der Waals surface area contributed by atoms with E-state index in [2.05, 4.69) is 63.9 Å². The molecular weight excluding hydrogens is 635 g/mol. The van der Waals surface area contributed by atoms with Crippen LogP contribution in [0.2, 0.25) is 0 Å². The molecule has 1 aliphatic heterocycles. The molecule has 3 N–H and O–H groups in total. The fraction of sp³-hybridized carbons (Fsp3) is 0.429. The van der Waals surface area contributed by atoms with Crippen LogP contribution >= 0.6 is 0 Å². The summed E-state index contributed by atoms with van der Waals surface area (Å²) in [5, 5.41) is 9.68. The minimum absolute atomic E-state index is 0.00546. The number of piperidine rings is 1. The molecule has 2 amide bonds. The second kappa shape index (κ2) is 14.4. The molecule has 0 aromatic heterocycles. The summed E-state index contributed by atoms with van der Waals surface area (Å²) in [5.74, 6) is 1.79. The van der Waals surface area contributed by atoms with Gasteiger partial charge < -0.3 is 10.2 Å². The van der Waals surface area contributed by atoms with Crippen molar-refractivity contribution in [2.45, 2.75) is 58.4 Å². The van der Waals surface area contributed by atoms with Crippen molar-refractivity contribution in [3.63, 3.8) is 0 Å². The SMILES string of the molecule is CC/C=C\C=C(/[I-]C)C(=O)NC1C=CC(Nc2ccc(NC(=O)C3=CC=C(N4CCC(CC)CC4)[C@@H]4CC34)cc2)=CC1. The van der Waals surface area contributed by atoms with Gasteiger partial charge in [0.25, 0.3) is 5.91 Å². The number of carbonyl (C=O) groups excluding carboxylic acids is 2. The Morgan fingerprint density at radius 1 is 1.05 bits per heavy atom. The predicted molar refractivity (Wildman–Crippen MR) is 168 cm³/mol. The number of fused-ring (bicyclic) bond motifs is 1. The van der Waals surface area contributed by atoms with Crippen LogP contribution in [0.4, 0.5) is 11.4 Å². The summed E-state index contributed by atoms with van der Waals surface area (Å²) in [6.07, 6.45) is 23.1. The quantitative estimate of drug-likeness (QED) is 0.145. The number of alkyl halides is 1. The third-order valence-electron chi connectivity index (χ3n) is 8.71. The average molecular weight is 680 g/mol. The fourth-order valence-corrected chi connectivity index (χ4v) is 7.26. The first-order valence-corrected chi connectivity index (χ1v) is 18.6. The van der Waals surface area contributed by atoms with Crippen molar-refractivity contribution in [1.29, 1.82) is 0 Å². The molecule has 3 atom stereocenters. The van der Waals surface area contributed by atoms with E-state index in [-0.39, 0.29) is 39.1 Å². The Morgan fingerprint density at radius 2 is 1.81 bits per heavy atom. The number of nitrogens with zero attached hydrogens (tertiary/aromatic N) is 1. The molecule has 0 bridgehead atoms. The summed E-state index contributed by atoms with van der Waals surface area (Å²) in [6.45, 7) is 6.70. The minimum atomic E-state index is -0.296. The number of amides is 2. The summed E-state index contributed by atoms with van der Waals surface area (Å²) in [4.78, 5) is 30.4. The van der Waals surface area contributed by atoms with Crippen molar-refractivity contribution >= 4 is 23.2 Å². The van der Waals surface area contributed by atoms with Gasteiger partial charge in [-0.05, 0) is 37.2 Å². The fourth-order valence-electron chi connectivity index (χ4n) is 6.05. The number of hydrogen-bond donors (Lipinski definition) is 3. The van der Waals surface area contributed by atoms with Gasteiger partial charge in [-0.1, -0.05) is 19.4 Å². The first-order valence-electron chi connectivity index (χ1n) is 15.4. The van der Waals surface area contributed by atoms with E-state index in [0.29, 0.717) is 11.8 Å². The number of hydrogen-bond acceptors (Lipinski definition) is 4. The summed E-state index contributed by atoms with van der Waals surface area (Å²) >= 11 is -0.296. The van der Waals surface area contributed by atoms with Gasteiger partial charge in [0.05, 0.1) is 0 Å². The molecule has 2 fully saturated rings. The molecule has 7 heteroatoms. The molecule has 0 radical (unpaired) electrons. The van der Waals surface area contributed by atoms with Crippen LogP contribution in [0.5, 0.6) is 0 Å². The molecule has 4 aliphatic rings. The van der Waals surface area contributed by atoms with E-state index in [4.69, 9.17) is 0 Å². The molecule has 0 spiro atoms. The molecule has 224 valence electrons. The van der Waals surface area contributed by atoms with E-state index in [0.717, 1.165) is 64.5 Å². The van der Waals surface area contributed by atoms with Gasteiger partial charge in [0.2, 0.25) is 0 Å². The van der Waals surface area contributed by atoms with Gasteiger partial charge in [-0.15, -0.1) is 0 Å². The number of carbonyl (C=O) groups is 2. The number of nitrogens with one attached hydrogen (secondary N) is 3. The summed E-state index contributed by atoms with van der Waals surface area (Å²) in [7, 11) is 0. The Hall–Kier alpha value is -3.07. The molecule has 1 saturated carbocycles.